The molecule has 126 valence electrons. The van der Waals surface area contributed by atoms with Gasteiger partial charge in [0.1, 0.15) is 0 Å². The van der Waals surface area contributed by atoms with Crippen LogP contribution in [0.4, 0.5) is 10.5 Å². The van der Waals surface area contributed by atoms with E-state index in [9.17, 15) is 9.59 Å². The van der Waals surface area contributed by atoms with Crippen molar-refractivity contribution in [3.8, 4) is 0 Å². The van der Waals surface area contributed by atoms with Crippen molar-refractivity contribution in [1.29, 1.82) is 0 Å². The summed E-state index contributed by atoms with van der Waals surface area (Å²) >= 11 is 1.53. The van der Waals surface area contributed by atoms with Crippen molar-refractivity contribution in [2.24, 2.45) is 0 Å². The molecule has 0 radical (unpaired) electrons. The molecule has 0 unspecified atom stereocenters. The van der Waals surface area contributed by atoms with Gasteiger partial charge in [0.25, 0.3) is 5.91 Å². The van der Waals surface area contributed by atoms with Crippen LogP contribution in [0.1, 0.15) is 47.3 Å². The minimum Gasteiger partial charge on any atom is -0.345 e. The highest BCUT2D eigenvalue weighted by molar-refractivity contribution is 7.08. The fraction of sp³-hybridized carbons (Fsp3) is 0.333. The van der Waals surface area contributed by atoms with Gasteiger partial charge in [-0.05, 0) is 55.3 Å². The number of benzene rings is 1. The molecular formula is C18H21N3O2S. The number of anilines is 1. The molecule has 1 aliphatic carbocycles. The van der Waals surface area contributed by atoms with E-state index in [1.807, 2.05) is 48.9 Å². The van der Waals surface area contributed by atoms with Crippen LogP contribution in [-0.2, 0) is 0 Å². The van der Waals surface area contributed by atoms with E-state index in [4.69, 9.17) is 0 Å². The summed E-state index contributed by atoms with van der Waals surface area (Å²) < 4.78 is 0. The zero-order valence-electron chi connectivity index (χ0n) is 13.8. The van der Waals surface area contributed by atoms with Gasteiger partial charge < -0.3 is 16.0 Å². The maximum Gasteiger partial charge on any atom is 0.319 e. The first kappa shape index (κ1) is 16.5. The maximum atomic E-state index is 12.3. The summed E-state index contributed by atoms with van der Waals surface area (Å²) in [7, 11) is 0. The Kier molecular flexibility index (Phi) is 4.85. The Bertz CT molecular complexity index is 735. The normalized spacial score (nSPS) is 14.8. The lowest BCUT2D eigenvalue weighted by atomic mass is 10.1. The number of amides is 3. The van der Waals surface area contributed by atoms with Gasteiger partial charge in [-0.25, -0.2) is 4.79 Å². The Morgan fingerprint density at radius 2 is 1.88 bits per heavy atom. The summed E-state index contributed by atoms with van der Waals surface area (Å²) in [6.45, 7) is 3.88. The second-order valence-electron chi connectivity index (χ2n) is 6.16. The van der Waals surface area contributed by atoms with Crippen molar-refractivity contribution in [3.63, 3.8) is 0 Å². The third-order valence-corrected chi connectivity index (χ3v) is 4.89. The smallest absolute Gasteiger partial charge is 0.319 e. The third-order valence-electron chi connectivity index (χ3n) is 4.03. The minimum atomic E-state index is -0.167. The van der Waals surface area contributed by atoms with E-state index in [1.54, 1.807) is 0 Å². The van der Waals surface area contributed by atoms with E-state index in [2.05, 4.69) is 16.0 Å². The summed E-state index contributed by atoms with van der Waals surface area (Å²) in [6, 6.07) is 7.59. The number of urea groups is 1. The van der Waals surface area contributed by atoms with Gasteiger partial charge in [-0.3, -0.25) is 4.79 Å². The van der Waals surface area contributed by atoms with Crippen molar-refractivity contribution < 1.29 is 9.59 Å². The maximum absolute atomic E-state index is 12.3. The van der Waals surface area contributed by atoms with E-state index in [0.29, 0.717) is 6.04 Å². The van der Waals surface area contributed by atoms with Gasteiger partial charge in [-0.2, -0.15) is 11.3 Å². The van der Waals surface area contributed by atoms with Gasteiger partial charge in [0.05, 0.1) is 11.6 Å². The van der Waals surface area contributed by atoms with Crippen LogP contribution < -0.4 is 16.0 Å². The standard InChI is InChI=1S/C18H21N3O2S/c1-11-9-24-10-16(11)17(22)19-12(2)13-3-5-14(6-4-13)20-18(23)21-15-7-8-15/h3-6,9-10,12,15H,7-8H2,1-2H3,(H,19,22)(H2,20,21,23)/t12-/m0/s1. The molecule has 0 bridgehead atoms. The summed E-state index contributed by atoms with van der Waals surface area (Å²) in [6.07, 6.45) is 2.13. The molecule has 3 amide bonds. The Labute approximate surface area is 145 Å². The van der Waals surface area contributed by atoms with Gasteiger partial charge in [-0.15, -0.1) is 0 Å². The average Bonchev–Trinajstić information content (AvgIpc) is 3.25. The second kappa shape index (κ2) is 7.05. The third kappa shape index (κ3) is 4.14. The topological polar surface area (TPSA) is 70.2 Å². The number of carbonyl (C=O) groups excluding carboxylic acids is 2. The van der Waals surface area contributed by atoms with Crippen LogP contribution in [0.2, 0.25) is 0 Å². The lowest BCUT2D eigenvalue weighted by molar-refractivity contribution is 0.0939. The van der Waals surface area contributed by atoms with Crippen molar-refractivity contribution in [3.05, 3.63) is 51.7 Å². The highest BCUT2D eigenvalue weighted by Gasteiger charge is 2.23. The van der Waals surface area contributed by atoms with Crippen molar-refractivity contribution in [2.45, 2.75) is 38.8 Å². The van der Waals surface area contributed by atoms with Crippen LogP contribution in [0.15, 0.2) is 35.0 Å². The van der Waals surface area contributed by atoms with Crippen molar-refractivity contribution in [1.82, 2.24) is 10.6 Å². The average molecular weight is 343 g/mol. The Morgan fingerprint density at radius 3 is 2.46 bits per heavy atom. The lowest BCUT2D eigenvalue weighted by Gasteiger charge is -2.15. The molecule has 1 aliphatic rings. The number of rotatable bonds is 5. The zero-order valence-corrected chi connectivity index (χ0v) is 14.6. The summed E-state index contributed by atoms with van der Waals surface area (Å²) in [4.78, 5) is 24.0. The van der Waals surface area contributed by atoms with Gasteiger partial charge in [0, 0.05) is 17.1 Å². The second-order valence-corrected chi connectivity index (χ2v) is 6.90. The van der Waals surface area contributed by atoms with E-state index < -0.39 is 0 Å². The van der Waals surface area contributed by atoms with Crippen LogP contribution in [0.3, 0.4) is 0 Å². The largest absolute Gasteiger partial charge is 0.345 e. The van der Waals surface area contributed by atoms with E-state index >= 15 is 0 Å². The van der Waals surface area contributed by atoms with Gasteiger partial charge in [0.2, 0.25) is 0 Å². The van der Waals surface area contributed by atoms with Crippen LogP contribution in [-0.4, -0.2) is 18.0 Å². The highest BCUT2D eigenvalue weighted by atomic mass is 32.1. The van der Waals surface area contributed by atoms with Crippen LogP contribution >= 0.6 is 11.3 Å². The molecule has 1 aromatic carbocycles. The van der Waals surface area contributed by atoms with E-state index in [-0.39, 0.29) is 18.0 Å². The zero-order chi connectivity index (χ0) is 17.1. The predicted octanol–water partition coefficient (Wildman–Crippen LogP) is 3.83. The molecule has 6 heteroatoms. The first-order valence-electron chi connectivity index (χ1n) is 8.04. The summed E-state index contributed by atoms with van der Waals surface area (Å²) in [5, 5.41) is 12.5. The van der Waals surface area contributed by atoms with Gasteiger partial charge in [-0.1, -0.05) is 12.1 Å². The molecule has 0 spiro atoms. The minimum absolute atomic E-state index is 0.0627. The molecule has 24 heavy (non-hydrogen) atoms. The molecule has 0 aliphatic heterocycles. The molecule has 5 nitrogen and oxygen atoms in total. The van der Waals surface area contributed by atoms with Crippen LogP contribution in [0.5, 0.6) is 0 Å². The Hall–Kier alpha value is -2.34. The number of thiophene rings is 1. The number of nitrogens with one attached hydrogen (secondary N) is 3. The molecule has 0 saturated heterocycles. The number of hydrogen-bond acceptors (Lipinski definition) is 3. The predicted molar refractivity (Wildman–Crippen MR) is 96.6 cm³/mol. The first-order valence-corrected chi connectivity index (χ1v) is 8.98. The van der Waals surface area contributed by atoms with E-state index in [1.165, 1.54) is 11.3 Å². The summed E-state index contributed by atoms with van der Waals surface area (Å²) in [5.41, 5.74) is 3.45. The first-order chi connectivity index (χ1) is 11.5. The Balaban J connectivity index is 1.57. The molecule has 3 rings (SSSR count). The van der Waals surface area contributed by atoms with Crippen LogP contribution in [0.25, 0.3) is 0 Å². The molecule has 1 aromatic heterocycles. The molecule has 1 fully saturated rings. The molecule has 2 aromatic rings. The summed E-state index contributed by atoms with van der Waals surface area (Å²) in [5.74, 6) is -0.0627. The van der Waals surface area contributed by atoms with Gasteiger partial charge in [0.15, 0.2) is 0 Å². The fourth-order valence-corrected chi connectivity index (χ4v) is 3.21. The highest BCUT2D eigenvalue weighted by Crippen LogP contribution is 2.20. The monoisotopic (exact) mass is 343 g/mol. The fourth-order valence-electron chi connectivity index (χ4n) is 2.39. The quantitative estimate of drug-likeness (QED) is 0.772. The molecule has 1 saturated carbocycles. The lowest BCUT2D eigenvalue weighted by Crippen LogP contribution is -2.30. The number of carbonyl (C=O) groups is 2. The molecule has 3 N–H and O–H groups in total. The van der Waals surface area contributed by atoms with Gasteiger partial charge >= 0.3 is 6.03 Å². The number of hydrogen-bond donors (Lipinski definition) is 3. The number of aryl methyl sites for hydroxylation is 1. The van der Waals surface area contributed by atoms with E-state index in [0.717, 1.165) is 35.2 Å². The van der Waals surface area contributed by atoms with Crippen LogP contribution in [0, 0.1) is 6.92 Å². The molecule has 1 atom stereocenters. The van der Waals surface area contributed by atoms with Crippen molar-refractivity contribution >= 4 is 29.0 Å². The molecule has 1 heterocycles. The Morgan fingerprint density at radius 1 is 1.17 bits per heavy atom. The van der Waals surface area contributed by atoms with Crippen molar-refractivity contribution in [2.75, 3.05) is 5.32 Å². The molecular weight excluding hydrogens is 322 g/mol. The SMILES string of the molecule is Cc1cscc1C(=O)N[C@@H](C)c1ccc(NC(=O)NC2CC2)cc1.